The minimum Gasteiger partial charge on any atom is -0.454 e. The number of esters is 1. The Balaban J connectivity index is 1.30. The summed E-state index contributed by atoms with van der Waals surface area (Å²) in [7, 11) is 0. The summed E-state index contributed by atoms with van der Waals surface area (Å²) in [5.41, 5.74) is 1.33. The van der Waals surface area contributed by atoms with Crippen LogP contribution in [0.1, 0.15) is 12.0 Å². The van der Waals surface area contributed by atoms with Crippen molar-refractivity contribution in [2.24, 2.45) is 23.7 Å². The van der Waals surface area contributed by atoms with Crippen LogP contribution in [-0.2, 0) is 23.9 Å². The largest absolute Gasteiger partial charge is 0.454 e. The molecule has 1 aromatic carbocycles. The molecular weight excluding hydrogens is 384 g/mol. The Labute approximate surface area is 166 Å². The first-order valence-corrected chi connectivity index (χ1v) is 9.48. The fourth-order valence-electron chi connectivity index (χ4n) is 4.36. The summed E-state index contributed by atoms with van der Waals surface area (Å²) in [6.45, 7) is 0.829. The van der Waals surface area contributed by atoms with Gasteiger partial charge in [0.1, 0.15) is 6.54 Å². The van der Waals surface area contributed by atoms with Crippen LogP contribution < -0.4 is 5.32 Å². The van der Waals surface area contributed by atoms with Crippen molar-refractivity contribution >= 4 is 41.0 Å². The number of benzene rings is 1. The molecule has 7 nitrogen and oxygen atoms in total. The van der Waals surface area contributed by atoms with Crippen molar-refractivity contribution in [1.29, 1.82) is 0 Å². The van der Waals surface area contributed by atoms with Gasteiger partial charge < -0.3 is 10.1 Å². The van der Waals surface area contributed by atoms with E-state index in [0.717, 1.165) is 16.9 Å². The van der Waals surface area contributed by atoms with Crippen LogP contribution in [0.3, 0.4) is 0 Å². The third-order valence-electron chi connectivity index (χ3n) is 5.69. The number of allylic oxidation sites excluding steroid dienone is 2. The summed E-state index contributed by atoms with van der Waals surface area (Å²) in [4.78, 5) is 50.2. The van der Waals surface area contributed by atoms with Crippen LogP contribution in [0.4, 0.5) is 5.69 Å². The molecule has 1 heterocycles. The Morgan fingerprint density at radius 2 is 1.82 bits per heavy atom. The Hall–Kier alpha value is -2.67. The Morgan fingerprint density at radius 1 is 1.18 bits per heavy atom. The van der Waals surface area contributed by atoms with E-state index in [1.54, 1.807) is 25.1 Å². The van der Waals surface area contributed by atoms with E-state index in [-0.39, 0.29) is 35.5 Å². The number of carbonyl (C=O) groups excluding carboxylic acids is 4. The van der Waals surface area contributed by atoms with Gasteiger partial charge in [0.05, 0.1) is 11.8 Å². The van der Waals surface area contributed by atoms with Crippen molar-refractivity contribution in [3.8, 4) is 0 Å². The number of amides is 3. The fraction of sp³-hybridized carbons (Fsp3) is 0.400. The van der Waals surface area contributed by atoms with Gasteiger partial charge in [-0.2, -0.15) is 0 Å². The molecule has 2 fully saturated rings. The van der Waals surface area contributed by atoms with Gasteiger partial charge in [-0.1, -0.05) is 29.8 Å². The number of nitrogens with zero attached hydrogens (tertiary/aromatic N) is 1. The lowest BCUT2D eigenvalue weighted by Gasteiger charge is -2.16. The van der Waals surface area contributed by atoms with Crippen molar-refractivity contribution in [2.45, 2.75) is 13.3 Å². The number of carbonyl (C=O) groups is 4. The van der Waals surface area contributed by atoms with Gasteiger partial charge in [0, 0.05) is 10.7 Å². The summed E-state index contributed by atoms with van der Waals surface area (Å²) >= 11 is 5.90. The van der Waals surface area contributed by atoms with Crippen LogP contribution in [0.2, 0.25) is 5.02 Å². The van der Waals surface area contributed by atoms with E-state index in [0.29, 0.717) is 10.7 Å². The molecule has 146 valence electrons. The third-order valence-corrected chi connectivity index (χ3v) is 5.92. The standard InChI is InChI=1S/C20H19ClN2O5/c1-10-2-5-13(21)7-14(10)22-15(24)9-28-16(25)8-23-19(26)17-11-3-4-12(6-11)18(17)20(23)27/h2-5,7,11-12,17-18H,6,8-9H2,1H3,(H,22,24)/t11-,12-,17+,18+/m0/s1. The first kappa shape index (κ1) is 18.7. The molecule has 1 aromatic rings. The van der Waals surface area contributed by atoms with E-state index < -0.39 is 25.0 Å². The third kappa shape index (κ3) is 3.20. The highest BCUT2D eigenvalue weighted by molar-refractivity contribution is 6.31. The number of hydrogen-bond acceptors (Lipinski definition) is 5. The molecule has 0 aromatic heterocycles. The smallest absolute Gasteiger partial charge is 0.326 e. The van der Waals surface area contributed by atoms with E-state index in [1.807, 2.05) is 12.2 Å². The number of imide groups is 1. The van der Waals surface area contributed by atoms with Crippen molar-refractivity contribution < 1.29 is 23.9 Å². The van der Waals surface area contributed by atoms with E-state index in [9.17, 15) is 19.2 Å². The zero-order valence-electron chi connectivity index (χ0n) is 15.2. The molecule has 2 bridgehead atoms. The summed E-state index contributed by atoms with van der Waals surface area (Å²) in [5.74, 6) is -2.50. The molecule has 1 N–H and O–H groups in total. The van der Waals surface area contributed by atoms with Gasteiger partial charge >= 0.3 is 5.97 Å². The normalized spacial score (nSPS) is 27.3. The van der Waals surface area contributed by atoms with Crippen molar-refractivity contribution in [3.63, 3.8) is 0 Å². The average molecular weight is 403 g/mol. The molecule has 0 spiro atoms. The summed E-state index contributed by atoms with van der Waals surface area (Å²) in [5, 5.41) is 3.08. The molecule has 1 saturated carbocycles. The number of likely N-dealkylation sites (tertiary alicyclic amines) is 1. The number of halogens is 1. The zero-order chi connectivity index (χ0) is 20.0. The Bertz CT molecular complexity index is 882. The molecule has 4 rings (SSSR count). The molecule has 3 aliphatic rings. The van der Waals surface area contributed by atoms with Gasteiger partial charge in [0.15, 0.2) is 6.61 Å². The lowest BCUT2D eigenvalue weighted by molar-refractivity contribution is -0.154. The van der Waals surface area contributed by atoms with Gasteiger partial charge in [0.2, 0.25) is 11.8 Å². The van der Waals surface area contributed by atoms with Crippen LogP contribution in [0.25, 0.3) is 0 Å². The molecule has 0 unspecified atom stereocenters. The van der Waals surface area contributed by atoms with Crippen molar-refractivity contribution in [3.05, 3.63) is 40.9 Å². The monoisotopic (exact) mass is 402 g/mol. The molecule has 1 aliphatic heterocycles. The van der Waals surface area contributed by atoms with E-state index in [2.05, 4.69) is 5.32 Å². The summed E-state index contributed by atoms with van der Waals surface area (Å²) in [6, 6.07) is 5.06. The minimum absolute atomic E-state index is 0.0826. The number of fused-ring (bicyclic) bond motifs is 5. The first-order valence-electron chi connectivity index (χ1n) is 9.10. The van der Waals surface area contributed by atoms with Crippen LogP contribution in [0, 0.1) is 30.6 Å². The Morgan fingerprint density at radius 3 is 2.46 bits per heavy atom. The highest BCUT2D eigenvalue weighted by atomic mass is 35.5. The zero-order valence-corrected chi connectivity index (χ0v) is 15.9. The second-order valence-electron chi connectivity index (χ2n) is 7.43. The molecule has 28 heavy (non-hydrogen) atoms. The molecule has 1 saturated heterocycles. The highest BCUT2D eigenvalue weighted by Gasteiger charge is 2.59. The van der Waals surface area contributed by atoms with Crippen LogP contribution in [-0.4, -0.2) is 41.7 Å². The molecule has 2 aliphatic carbocycles. The van der Waals surface area contributed by atoms with Gasteiger partial charge in [-0.3, -0.25) is 24.1 Å². The lowest BCUT2D eigenvalue weighted by atomic mass is 9.85. The number of rotatable bonds is 5. The highest BCUT2D eigenvalue weighted by Crippen LogP contribution is 2.52. The maximum atomic E-state index is 12.5. The number of aryl methyl sites for hydroxylation is 1. The van der Waals surface area contributed by atoms with Crippen LogP contribution in [0.5, 0.6) is 0 Å². The van der Waals surface area contributed by atoms with Gasteiger partial charge in [0.25, 0.3) is 5.91 Å². The molecule has 8 heteroatoms. The predicted octanol–water partition coefficient (Wildman–Crippen LogP) is 1.94. The molecule has 0 radical (unpaired) electrons. The number of nitrogens with one attached hydrogen (secondary N) is 1. The number of hydrogen-bond donors (Lipinski definition) is 1. The fourth-order valence-corrected chi connectivity index (χ4v) is 4.53. The lowest BCUT2D eigenvalue weighted by Crippen LogP contribution is -2.38. The van der Waals surface area contributed by atoms with Crippen molar-refractivity contribution in [1.82, 2.24) is 4.90 Å². The maximum Gasteiger partial charge on any atom is 0.326 e. The summed E-state index contributed by atoms with van der Waals surface area (Å²) in [6.07, 6.45) is 4.80. The summed E-state index contributed by atoms with van der Waals surface area (Å²) < 4.78 is 4.95. The predicted molar refractivity (Wildman–Crippen MR) is 100 cm³/mol. The van der Waals surface area contributed by atoms with E-state index >= 15 is 0 Å². The SMILES string of the molecule is Cc1ccc(Cl)cc1NC(=O)COC(=O)CN1C(=O)[C@H]2[C@H](C1=O)[C@H]1C=C[C@H]2C1. The van der Waals surface area contributed by atoms with Gasteiger partial charge in [-0.05, 0) is 42.9 Å². The molecular formula is C20H19ClN2O5. The quantitative estimate of drug-likeness (QED) is 0.461. The second-order valence-corrected chi connectivity index (χ2v) is 7.87. The topological polar surface area (TPSA) is 92.8 Å². The van der Waals surface area contributed by atoms with Crippen LogP contribution in [0.15, 0.2) is 30.4 Å². The molecule has 3 amide bonds. The van der Waals surface area contributed by atoms with Gasteiger partial charge in [-0.25, -0.2) is 0 Å². The molecule has 4 atom stereocenters. The van der Waals surface area contributed by atoms with Crippen molar-refractivity contribution in [2.75, 3.05) is 18.5 Å². The maximum absolute atomic E-state index is 12.5. The average Bonchev–Trinajstić information content (AvgIpc) is 3.33. The first-order chi connectivity index (χ1) is 13.3. The second kappa shape index (κ2) is 7.05. The number of anilines is 1. The van der Waals surface area contributed by atoms with E-state index in [4.69, 9.17) is 16.3 Å². The van der Waals surface area contributed by atoms with E-state index in [1.165, 1.54) is 0 Å². The Kier molecular flexibility index (Phi) is 4.71. The number of ether oxygens (including phenoxy) is 1. The minimum atomic E-state index is -0.792. The van der Waals surface area contributed by atoms with Crippen LogP contribution >= 0.6 is 11.6 Å². The van der Waals surface area contributed by atoms with Gasteiger partial charge in [-0.15, -0.1) is 0 Å².